The number of rotatable bonds is 4. The summed E-state index contributed by atoms with van der Waals surface area (Å²) >= 11 is 0. The lowest BCUT2D eigenvalue weighted by Crippen LogP contribution is -2.43. The average Bonchev–Trinajstić information content (AvgIpc) is 2.85. The van der Waals surface area contributed by atoms with Crippen LogP contribution in [0, 0.1) is 0 Å². The highest BCUT2D eigenvalue weighted by Crippen LogP contribution is 2.30. The van der Waals surface area contributed by atoms with Gasteiger partial charge in [-0.3, -0.25) is 4.79 Å². The Morgan fingerprint density at radius 3 is 2.54 bits per heavy atom. The van der Waals surface area contributed by atoms with E-state index in [1.807, 2.05) is 0 Å². The first-order valence-electron chi connectivity index (χ1n) is 6.41. The lowest BCUT2D eigenvalue weighted by molar-refractivity contribution is -0.145. The van der Waals surface area contributed by atoms with E-state index in [1.54, 1.807) is 5.32 Å². The molecule has 6 nitrogen and oxygen atoms in total. The smallest absolute Gasteiger partial charge is 0.382 e. The van der Waals surface area contributed by atoms with Crippen LogP contribution in [0.3, 0.4) is 0 Å². The van der Waals surface area contributed by atoms with Gasteiger partial charge in [-0.15, -0.1) is 5.10 Å². The van der Waals surface area contributed by atoms with E-state index in [0.717, 1.165) is 19.1 Å². The molecule has 0 unspecified atom stereocenters. The largest absolute Gasteiger partial charge is 0.416 e. The minimum atomic E-state index is -4.61. The molecule has 0 aliphatic heterocycles. The molecule has 12 heteroatoms. The van der Waals surface area contributed by atoms with Crippen LogP contribution < -0.4 is 10.2 Å². The maximum Gasteiger partial charge on any atom is 0.416 e. The fourth-order valence-electron chi connectivity index (χ4n) is 1.68. The topological polar surface area (TPSA) is 69.0 Å². The number of hydrogen-bond acceptors (Lipinski definition) is 4. The van der Waals surface area contributed by atoms with Gasteiger partial charge in [0.1, 0.15) is 17.6 Å². The Bertz CT molecular complexity index is 739. The maximum atomic E-state index is 12.7. The van der Waals surface area contributed by atoms with Crippen molar-refractivity contribution in [2.75, 3.05) is 6.54 Å². The molecule has 1 aromatic carbocycles. The molecule has 0 bridgehead atoms. The number of benzene rings is 1. The number of nitrogens with zero attached hydrogens (tertiary/aromatic N) is 3. The van der Waals surface area contributed by atoms with Crippen molar-refractivity contribution in [3.63, 3.8) is 0 Å². The van der Waals surface area contributed by atoms with Crippen molar-refractivity contribution >= 4 is 16.9 Å². The van der Waals surface area contributed by atoms with Crippen LogP contribution in [-0.2, 0) is 11.0 Å². The number of hydrogen-bond donors (Lipinski definition) is 1. The zero-order valence-electron chi connectivity index (χ0n) is 11.9. The van der Waals surface area contributed by atoms with E-state index in [0.29, 0.717) is 10.9 Å². The summed E-state index contributed by atoms with van der Waals surface area (Å²) in [5, 5.41) is 8.56. The molecule has 1 aromatic heterocycles. The van der Waals surface area contributed by atoms with Crippen molar-refractivity contribution in [1.29, 1.82) is 0 Å². The second-order valence-electron chi connectivity index (χ2n) is 4.74. The molecule has 0 aliphatic carbocycles. The average molecular weight is 356 g/mol. The molecule has 2 rings (SSSR count). The molecule has 0 radical (unpaired) electrons. The Morgan fingerprint density at radius 2 is 1.96 bits per heavy atom. The van der Waals surface area contributed by atoms with Crippen molar-refractivity contribution in [3.05, 3.63) is 23.8 Å². The van der Waals surface area contributed by atoms with Gasteiger partial charge in [-0.1, -0.05) is 4.85 Å². The van der Waals surface area contributed by atoms with Crippen LogP contribution in [0.2, 0.25) is 0 Å². The summed E-state index contributed by atoms with van der Waals surface area (Å²) < 4.78 is 74.2. The number of carbonyl (C=O) groups excluding carboxylic acids is 1. The van der Waals surface area contributed by atoms with Crippen LogP contribution in [0.15, 0.2) is 18.2 Å². The first-order chi connectivity index (χ1) is 11.0. The van der Waals surface area contributed by atoms with Gasteiger partial charge >= 0.3 is 12.4 Å². The van der Waals surface area contributed by atoms with E-state index >= 15 is 0 Å². The van der Waals surface area contributed by atoms with Crippen LogP contribution in [-0.4, -0.2) is 39.9 Å². The number of fused-ring (bicyclic) bond motifs is 1. The van der Waals surface area contributed by atoms with Crippen molar-refractivity contribution in [1.82, 2.24) is 20.5 Å². The van der Waals surface area contributed by atoms with Gasteiger partial charge in [0.2, 0.25) is 6.10 Å². The molecule has 0 fully saturated rings. The third kappa shape index (κ3) is 4.26. The van der Waals surface area contributed by atoms with E-state index in [2.05, 4.69) is 10.3 Å². The molecule has 0 spiro atoms. The number of carbonyl (C=O) groups is 1. The number of halogens is 6. The van der Waals surface area contributed by atoms with Crippen LogP contribution >= 0.6 is 0 Å². The molecule has 0 saturated carbocycles. The predicted molar refractivity (Wildman–Crippen MR) is 67.6 cm³/mol. The first kappa shape index (κ1) is 17.8. The van der Waals surface area contributed by atoms with E-state index < -0.39 is 36.5 Å². The molecule has 0 saturated heterocycles. The minimum absolute atomic E-state index is 0.0610. The van der Waals surface area contributed by atoms with Crippen molar-refractivity contribution < 1.29 is 36.0 Å². The van der Waals surface area contributed by atoms with Crippen molar-refractivity contribution in [3.8, 4) is 0 Å². The second kappa shape index (κ2) is 6.17. The van der Waals surface area contributed by atoms with Gasteiger partial charge in [0.05, 0.1) is 5.56 Å². The summed E-state index contributed by atoms with van der Waals surface area (Å²) in [6.07, 6.45) is -10.7. The van der Waals surface area contributed by atoms with E-state index in [1.165, 1.54) is 0 Å². The SMILES string of the molecule is C[C@@H](On1nnc2ccc(C(F)(F)F)cc21)C(=O)NCC(F)(F)F. The van der Waals surface area contributed by atoms with Crippen LogP contribution in [0.25, 0.3) is 11.0 Å². The molecule has 2 aromatic rings. The third-order valence-electron chi connectivity index (χ3n) is 2.83. The highest BCUT2D eigenvalue weighted by molar-refractivity contribution is 5.80. The molecular formula is C12H10F6N4O2. The second-order valence-corrected chi connectivity index (χ2v) is 4.74. The van der Waals surface area contributed by atoms with Crippen LogP contribution in [0.4, 0.5) is 26.3 Å². The van der Waals surface area contributed by atoms with Gasteiger partial charge in [0.15, 0.2) is 0 Å². The maximum absolute atomic E-state index is 12.7. The fourth-order valence-corrected chi connectivity index (χ4v) is 1.68. The highest BCUT2D eigenvalue weighted by Gasteiger charge is 2.32. The zero-order valence-corrected chi connectivity index (χ0v) is 11.9. The number of nitrogens with one attached hydrogen (secondary N) is 1. The molecular weight excluding hydrogens is 346 g/mol. The molecule has 1 atom stereocenters. The fraction of sp³-hybridized carbons (Fsp3) is 0.417. The summed E-state index contributed by atoms with van der Waals surface area (Å²) in [6.45, 7) is -0.442. The lowest BCUT2D eigenvalue weighted by atomic mass is 10.2. The van der Waals surface area contributed by atoms with Crippen molar-refractivity contribution in [2.45, 2.75) is 25.4 Å². The van der Waals surface area contributed by atoms with Crippen LogP contribution in [0.1, 0.15) is 12.5 Å². The number of amides is 1. The highest BCUT2D eigenvalue weighted by atomic mass is 19.4. The molecule has 0 aliphatic rings. The van der Waals surface area contributed by atoms with Gasteiger partial charge < -0.3 is 10.2 Å². The van der Waals surface area contributed by atoms with Gasteiger partial charge in [-0.05, 0) is 30.3 Å². The Kier molecular flexibility index (Phi) is 4.58. The Hall–Kier alpha value is -2.53. The molecule has 24 heavy (non-hydrogen) atoms. The summed E-state index contributed by atoms with van der Waals surface area (Å²) in [7, 11) is 0. The number of alkyl halides is 6. The Balaban J connectivity index is 2.16. The summed E-state index contributed by atoms with van der Waals surface area (Å²) in [4.78, 5) is 17.0. The van der Waals surface area contributed by atoms with E-state index in [9.17, 15) is 31.1 Å². The van der Waals surface area contributed by atoms with Gasteiger partial charge in [-0.2, -0.15) is 26.3 Å². The van der Waals surface area contributed by atoms with E-state index in [4.69, 9.17) is 4.84 Å². The number of aromatic nitrogens is 3. The monoisotopic (exact) mass is 356 g/mol. The first-order valence-corrected chi connectivity index (χ1v) is 6.41. The van der Waals surface area contributed by atoms with Gasteiger partial charge in [0, 0.05) is 0 Å². The standard InChI is InChI=1S/C12H10F6N4O2/c1-6(10(23)19-5-11(13,14)15)24-22-9-4-7(12(16,17)18)2-3-8(9)20-21-22/h2-4,6H,5H2,1H3,(H,19,23)/t6-/m1/s1. The Labute approximate surface area is 130 Å². The minimum Gasteiger partial charge on any atom is -0.382 e. The molecule has 1 heterocycles. The predicted octanol–water partition coefficient (Wildman–Crippen LogP) is 1.95. The van der Waals surface area contributed by atoms with Gasteiger partial charge in [-0.25, -0.2) is 0 Å². The Morgan fingerprint density at radius 1 is 1.29 bits per heavy atom. The molecule has 1 amide bonds. The third-order valence-corrected chi connectivity index (χ3v) is 2.83. The normalized spacial score (nSPS) is 13.8. The van der Waals surface area contributed by atoms with E-state index in [-0.39, 0.29) is 11.0 Å². The zero-order chi connectivity index (χ0) is 18.1. The lowest BCUT2D eigenvalue weighted by Gasteiger charge is -2.15. The van der Waals surface area contributed by atoms with Gasteiger partial charge in [0.25, 0.3) is 5.91 Å². The van der Waals surface area contributed by atoms with Crippen molar-refractivity contribution in [2.24, 2.45) is 0 Å². The summed E-state index contributed by atoms with van der Waals surface area (Å²) in [5.74, 6) is -1.11. The quantitative estimate of drug-likeness (QED) is 0.851. The molecule has 132 valence electrons. The molecule has 1 N–H and O–H groups in total. The van der Waals surface area contributed by atoms with Crippen LogP contribution in [0.5, 0.6) is 0 Å². The summed E-state index contributed by atoms with van der Waals surface area (Å²) in [6, 6.07) is 2.55. The summed E-state index contributed by atoms with van der Waals surface area (Å²) in [5.41, 5.74) is -1.11.